The summed E-state index contributed by atoms with van der Waals surface area (Å²) in [6.45, 7) is 6.51. The summed E-state index contributed by atoms with van der Waals surface area (Å²) in [5.74, 6) is 0.837. The smallest absolute Gasteiger partial charge is 0.167 e. The van der Waals surface area contributed by atoms with Crippen LogP contribution in [-0.4, -0.2) is 18.8 Å². The van der Waals surface area contributed by atoms with E-state index in [1.165, 1.54) is 0 Å². The second kappa shape index (κ2) is 8.34. The normalized spacial score (nSPS) is 11.4. The first-order valence-electron chi connectivity index (χ1n) is 7.48. The lowest BCUT2D eigenvalue weighted by molar-refractivity contribution is 0.414. The molecule has 0 amide bonds. The summed E-state index contributed by atoms with van der Waals surface area (Å²) in [6.07, 6.45) is 0. The van der Waals surface area contributed by atoms with Crippen LogP contribution in [0.3, 0.4) is 0 Å². The lowest BCUT2D eigenvalue weighted by atomic mass is 9.99. The first-order chi connectivity index (χ1) is 11.1. The molecule has 0 fully saturated rings. The summed E-state index contributed by atoms with van der Waals surface area (Å²) in [5.41, 5.74) is 3.31. The Labute approximate surface area is 143 Å². The van der Waals surface area contributed by atoms with Gasteiger partial charge in [0.2, 0.25) is 0 Å². The molecule has 2 N–H and O–H groups in total. The average molecular weight is 326 g/mol. The topological polar surface area (TPSA) is 33.3 Å². The third-order valence-corrected chi connectivity index (χ3v) is 3.67. The summed E-state index contributed by atoms with van der Waals surface area (Å²) >= 11 is 5.41. The fourth-order valence-electron chi connectivity index (χ4n) is 2.21. The summed E-state index contributed by atoms with van der Waals surface area (Å²) in [7, 11) is 1.67. The SMILES string of the molecule is C=C(C)CNC(=S)N[C@H](c1ccccc1)c1ccc(OC)cc1. The zero-order valence-corrected chi connectivity index (χ0v) is 14.3. The molecule has 0 spiro atoms. The molecule has 2 aromatic carbocycles. The molecule has 0 unspecified atom stereocenters. The number of hydrogen-bond acceptors (Lipinski definition) is 2. The van der Waals surface area contributed by atoms with Gasteiger partial charge in [-0.1, -0.05) is 54.6 Å². The van der Waals surface area contributed by atoms with E-state index in [9.17, 15) is 0 Å². The van der Waals surface area contributed by atoms with Gasteiger partial charge in [0.25, 0.3) is 0 Å². The van der Waals surface area contributed by atoms with E-state index in [-0.39, 0.29) is 6.04 Å². The predicted octanol–water partition coefficient (Wildman–Crippen LogP) is 3.82. The zero-order valence-electron chi connectivity index (χ0n) is 13.5. The first kappa shape index (κ1) is 17.0. The largest absolute Gasteiger partial charge is 0.497 e. The predicted molar refractivity (Wildman–Crippen MR) is 99.8 cm³/mol. The fourth-order valence-corrected chi connectivity index (χ4v) is 2.40. The second-order valence-electron chi connectivity index (χ2n) is 5.40. The van der Waals surface area contributed by atoms with Gasteiger partial charge in [0, 0.05) is 6.54 Å². The highest BCUT2D eigenvalue weighted by Crippen LogP contribution is 2.24. The fraction of sp³-hybridized carbons (Fsp3) is 0.211. The zero-order chi connectivity index (χ0) is 16.7. The molecule has 0 heterocycles. The van der Waals surface area contributed by atoms with Gasteiger partial charge in [-0.3, -0.25) is 0 Å². The summed E-state index contributed by atoms with van der Waals surface area (Å²) < 4.78 is 5.23. The van der Waals surface area contributed by atoms with Crippen molar-refractivity contribution >= 4 is 17.3 Å². The van der Waals surface area contributed by atoms with E-state index in [1.54, 1.807) is 7.11 Å². The Balaban J connectivity index is 2.21. The van der Waals surface area contributed by atoms with Crippen molar-refractivity contribution in [2.75, 3.05) is 13.7 Å². The van der Waals surface area contributed by atoms with E-state index in [0.29, 0.717) is 11.7 Å². The van der Waals surface area contributed by atoms with E-state index in [2.05, 4.69) is 29.3 Å². The lowest BCUT2D eigenvalue weighted by Gasteiger charge is -2.22. The van der Waals surface area contributed by atoms with Gasteiger partial charge in [0.05, 0.1) is 13.2 Å². The van der Waals surface area contributed by atoms with Gasteiger partial charge in [0.1, 0.15) is 5.75 Å². The molecule has 0 saturated heterocycles. The maximum Gasteiger partial charge on any atom is 0.167 e. The van der Waals surface area contributed by atoms with Crippen LogP contribution in [0.2, 0.25) is 0 Å². The van der Waals surface area contributed by atoms with Crippen LogP contribution >= 0.6 is 12.2 Å². The molecule has 0 aliphatic carbocycles. The third-order valence-electron chi connectivity index (χ3n) is 3.41. The number of thiocarbonyl (C=S) groups is 1. The van der Waals surface area contributed by atoms with Crippen molar-refractivity contribution in [2.45, 2.75) is 13.0 Å². The van der Waals surface area contributed by atoms with Crippen LogP contribution in [0.4, 0.5) is 0 Å². The van der Waals surface area contributed by atoms with E-state index in [0.717, 1.165) is 22.4 Å². The van der Waals surface area contributed by atoms with E-state index >= 15 is 0 Å². The van der Waals surface area contributed by atoms with Gasteiger partial charge in [-0.2, -0.15) is 0 Å². The van der Waals surface area contributed by atoms with E-state index < -0.39 is 0 Å². The Morgan fingerprint density at radius 3 is 2.26 bits per heavy atom. The molecular formula is C19H22N2OS. The van der Waals surface area contributed by atoms with E-state index in [1.807, 2.05) is 49.4 Å². The Kier molecular flexibility index (Phi) is 6.18. The molecule has 23 heavy (non-hydrogen) atoms. The number of ether oxygens (including phenoxy) is 1. The molecule has 1 atom stereocenters. The molecule has 0 saturated carbocycles. The van der Waals surface area contributed by atoms with Crippen LogP contribution < -0.4 is 15.4 Å². The Bertz CT molecular complexity index is 653. The maximum absolute atomic E-state index is 5.41. The molecule has 0 aromatic heterocycles. The molecule has 3 nitrogen and oxygen atoms in total. The minimum Gasteiger partial charge on any atom is -0.497 e. The Morgan fingerprint density at radius 1 is 1.09 bits per heavy atom. The van der Waals surface area contributed by atoms with Crippen molar-refractivity contribution in [3.63, 3.8) is 0 Å². The maximum atomic E-state index is 5.41. The van der Waals surface area contributed by atoms with Crippen molar-refractivity contribution in [1.29, 1.82) is 0 Å². The van der Waals surface area contributed by atoms with Crippen molar-refractivity contribution in [1.82, 2.24) is 10.6 Å². The quantitative estimate of drug-likeness (QED) is 0.624. The molecule has 2 aromatic rings. The number of benzene rings is 2. The molecule has 2 rings (SSSR count). The van der Waals surface area contributed by atoms with Crippen LogP contribution in [-0.2, 0) is 0 Å². The lowest BCUT2D eigenvalue weighted by Crippen LogP contribution is -2.38. The molecule has 0 radical (unpaired) electrons. The average Bonchev–Trinajstić information content (AvgIpc) is 2.59. The van der Waals surface area contributed by atoms with Crippen molar-refractivity contribution in [2.24, 2.45) is 0 Å². The van der Waals surface area contributed by atoms with Crippen molar-refractivity contribution in [3.05, 3.63) is 77.9 Å². The minimum atomic E-state index is -0.0211. The van der Waals surface area contributed by atoms with Gasteiger partial charge in [-0.25, -0.2) is 0 Å². The Hall–Kier alpha value is -2.33. The molecule has 0 bridgehead atoms. The van der Waals surface area contributed by atoms with Gasteiger partial charge in [0.15, 0.2) is 5.11 Å². The highest BCUT2D eigenvalue weighted by molar-refractivity contribution is 7.80. The van der Waals surface area contributed by atoms with Gasteiger partial charge in [-0.15, -0.1) is 0 Å². The highest BCUT2D eigenvalue weighted by Gasteiger charge is 2.15. The monoisotopic (exact) mass is 326 g/mol. The molecule has 4 heteroatoms. The van der Waals surface area contributed by atoms with Gasteiger partial charge < -0.3 is 15.4 Å². The van der Waals surface area contributed by atoms with Gasteiger partial charge >= 0.3 is 0 Å². The molecule has 0 aliphatic heterocycles. The van der Waals surface area contributed by atoms with Crippen LogP contribution in [0.1, 0.15) is 24.1 Å². The standard InChI is InChI=1S/C19H22N2OS/c1-14(2)13-20-19(23)21-18(15-7-5-4-6-8-15)16-9-11-17(22-3)12-10-16/h4-12,18H,1,13H2,2-3H3,(H2,20,21,23)/t18-/m1/s1. The number of nitrogens with one attached hydrogen (secondary N) is 2. The van der Waals surface area contributed by atoms with Crippen LogP contribution in [0.15, 0.2) is 66.7 Å². The van der Waals surface area contributed by atoms with E-state index in [4.69, 9.17) is 17.0 Å². The van der Waals surface area contributed by atoms with Crippen molar-refractivity contribution < 1.29 is 4.74 Å². The summed E-state index contributed by atoms with van der Waals surface area (Å²) in [5, 5.41) is 7.16. The molecular weight excluding hydrogens is 304 g/mol. The number of hydrogen-bond donors (Lipinski definition) is 2. The van der Waals surface area contributed by atoms with Crippen molar-refractivity contribution in [3.8, 4) is 5.75 Å². The van der Waals surface area contributed by atoms with Gasteiger partial charge in [-0.05, 0) is 42.4 Å². The van der Waals surface area contributed by atoms with Crippen LogP contribution in [0.5, 0.6) is 5.75 Å². The summed E-state index contributed by atoms with van der Waals surface area (Å²) in [4.78, 5) is 0. The molecule has 0 aliphatic rings. The Morgan fingerprint density at radius 2 is 1.70 bits per heavy atom. The minimum absolute atomic E-state index is 0.0211. The first-order valence-corrected chi connectivity index (χ1v) is 7.88. The number of rotatable bonds is 6. The summed E-state index contributed by atoms with van der Waals surface area (Å²) in [6, 6.07) is 18.2. The second-order valence-corrected chi connectivity index (χ2v) is 5.81. The third kappa shape index (κ3) is 5.11. The van der Waals surface area contributed by atoms with Crippen LogP contribution in [0.25, 0.3) is 0 Å². The molecule has 120 valence electrons. The number of methoxy groups -OCH3 is 1. The van der Waals surface area contributed by atoms with Crippen LogP contribution in [0, 0.1) is 0 Å². The highest BCUT2D eigenvalue weighted by atomic mass is 32.1.